The van der Waals surface area contributed by atoms with E-state index in [1.807, 2.05) is 55.3 Å². The number of guanidine groups is 1. The Kier molecular flexibility index (Phi) is 5.58. The molecule has 0 saturated heterocycles. The number of aryl methyl sites for hydroxylation is 1. The molecule has 0 bridgehead atoms. The molecule has 0 aliphatic heterocycles. The topological polar surface area (TPSA) is 63.3 Å². The van der Waals surface area contributed by atoms with Crippen molar-refractivity contribution < 1.29 is 0 Å². The lowest BCUT2D eigenvalue weighted by atomic mass is 10.2. The van der Waals surface area contributed by atoms with Gasteiger partial charge < -0.3 is 14.8 Å². The molecule has 26 heavy (non-hydrogen) atoms. The molecule has 0 aromatic carbocycles. The van der Waals surface area contributed by atoms with Gasteiger partial charge in [0, 0.05) is 58.2 Å². The summed E-state index contributed by atoms with van der Waals surface area (Å²) in [5.74, 6) is 1.59. The van der Waals surface area contributed by atoms with Gasteiger partial charge in [-0.3, -0.25) is 4.99 Å². The van der Waals surface area contributed by atoms with Crippen molar-refractivity contribution in [2.24, 2.45) is 12.0 Å². The van der Waals surface area contributed by atoms with Crippen LogP contribution in [0.3, 0.4) is 0 Å². The molecular formula is C18H22ClN7. The Bertz CT molecular complexity index is 883. The fourth-order valence-electron chi connectivity index (χ4n) is 2.71. The second-order valence-corrected chi connectivity index (χ2v) is 6.43. The van der Waals surface area contributed by atoms with E-state index in [4.69, 9.17) is 11.6 Å². The SMILES string of the molecule is CN=C(NCc1ccnc(-n2cccn2)c1)N(C)Cc1cc(Cl)cn1C. The first-order valence-corrected chi connectivity index (χ1v) is 8.62. The maximum Gasteiger partial charge on any atom is 0.194 e. The van der Waals surface area contributed by atoms with Gasteiger partial charge in [0.2, 0.25) is 0 Å². The van der Waals surface area contributed by atoms with E-state index in [9.17, 15) is 0 Å². The molecule has 0 amide bonds. The van der Waals surface area contributed by atoms with Gasteiger partial charge in [0.25, 0.3) is 0 Å². The minimum atomic E-state index is 0.641. The van der Waals surface area contributed by atoms with Crippen molar-refractivity contribution in [3.63, 3.8) is 0 Å². The third kappa shape index (κ3) is 4.23. The van der Waals surface area contributed by atoms with E-state index in [2.05, 4.69) is 25.3 Å². The molecule has 1 N–H and O–H groups in total. The summed E-state index contributed by atoms with van der Waals surface area (Å²) < 4.78 is 3.76. The molecular weight excluding hydrogens is 350 g/mol. The Labute approximate surface area is 157 Å². The average molecular weight is 372 g/mol. The van der Waals surface area contributed by atoms with Crippen LogP contribution in [-0.4, -0.2) is 44.3 Å². The molecule has 0 unspecified atom stereocenters. The van der Waals surface area contributed by atoms with Crippen molar-refractivity contribution in [3.05, 3.63) is 65.3 Å². The van der Waals surface area contributed by atoms with Crippen LogP contribution in [0.4, 0.5) is 0 Å². The van der Waals surface area contributed by atoms with Crippen LogP contribution in [0.1, 0.15) is 11.3 Å². The minimum Gasteiger partial charge on any atom is -0.352 e. The lowest BCUT2D eigenvalue weighted by Gasteiger charge is -2.22. The quantitative estimate of drug-likeness (QED) is 0.552. The highest BCUT2D eigenvalue weighted by atomic mass is 35.5. The van der Waals surface area contributed by atoms with Gasteiger partial charge in [-0.05, 0) is 29.8 Å². The molecule has 8 heteroatoms. The molecule has 0 fully saturated rings. The predicted molar refractivity (Wildman–Crippen MR) is 103 cm³/mol. The number of aliphatic imine (C=N–C) groups is 1. The number of pyridine rings is 1. The Morgan fingerprint density at radius 1 is 1.35 bits per heavy atom. The predicted octanol–water partition coefficient (Wildman–Crippen LogP) is 2.47. The number of nitrogens with one attached hydrogen (secondary N) is 1. The highest BCUT2D eigenvalue weighted by Crippen LogP contribution is 2.14. The van der Waals surface area contributed by atoms with E-state index in [-0.39, 0.29) is 0 Å². The van der Waals surface area contributed by atoms with Crippen LogP contribution >= 0.6 is 11.6 Å². The zero-order chi connectivity index (χ0) is 18.5. The Morgan fingerprint density at radius 2 is 2.19 bits per heavy atom. The van der Waals surface area contributed by atoms with Gasteiger partial charge in [-0.25, -0.2) is 9.67 Å². The summed E-state index contributed by atoms with van der Waals surface area (Å²) in [5, 5.41) is 8.33. The summed E-state index contributed by atoms with van der Waals surface area (Å²) in [5.41, 5.74) is 2.22. The van der Waals surface area contributed by atoms with E-state index in [1.54, 1.807) is 24.1 Å². The second kappa shape index (κ2) is 8.05. The highest BCUT2D eigenvalue weighted by molar-refractivity contribution is 6.30. The van der Waals surface area contributed by atoms with Crippen LogP contribution in [0, 0.1) is 0 Å². The van der Waals surface area contributed by atoms with Gasteiger partial charge in [-0.1, -0.05) is 11.6 Å². The lowest BCUT2D eigenvalue weighted by Crippen LogP contribution is -2.38. The van der Waals surface area contributed by atoms with Gasteiger partial charge in [0.15, 0.2) is 11.8 Å². The van der Waals surface area contributed by atoms with Crippen LogP contribution < -0.4 is 5.32 Å². The van der Waals surface area contributed by atoms with Crippen molar-refractivity contribution in [1.82, 2.24) is 29.5 Å². The summed E-state index contributed by atoms with van der Waals surface area (Å²) >= 11 is 6.06. The first-order valence-electron chi connectivity index (χ1n) is 8.24. The fourth-order valence-corrected chi connectivity index (χ4v) is 2.98. The number of hydrogen-bond donors (Lipinski definition) is 1. The van der Waals surface area contributed by atoms with E-state index < -0.39 is 0 Å². The summed E-state index contributed by atoms with van der Waals surface area (Å²) in [6.07, 6.45) is 7.29. The summed E-state index contributed by atoms with van der Waals surface area (Å²) in [7, 11) is 5.76. The van der Waals surface area contributed by atoms with E-state index >= 15 is 0 Å². The smallest absolute Gasteiger partial charge is 0.194 e. The van der Waals surface area contributed by atoms with Crippen molar-refractivity contribution in [2.75, 3.05) is 14.1 Å². The molecule has 0 spiro atoms. The molecule has 3 heterocycles. The number of nitrogens with zero attached hydrogens (tertiary/aromatic N) is 6. The first-order chi connectivity index (χ1) is 12.6. The molecule has 136 valence electrons. The third-order valence-electron chi connectivity index (χ3n) is 4.05. The Morgan fingerprint density at radius 3 is 2.85 bits per heavy atom. The molecule has 0 atom stereocenters. The van der Waals surface area contributed by atoms with E-state index in [1.165, 1.54) is 0 Å². The molecule has 0 radical (unpaired) electrons. The monoisotopic (exact) mass is 371 g/mol. The average Bonchev–Trinajstić information content (AvgIpc) is 3.26. The minimum absolute atomic E-state index is 0.641. The van der Waals surface area contributed by atoms with Crippen molar-refractivity contribution in [3.8, 4) is 5.82 Å². The molecule has 3 aromatic rings. The fraction of sp³-hybridized carbons (Fsp3) is 0.278. The van der Waals surface area contributed by atoms with Gasteiger partial charge in [0.1, 0.15) is 0 Å². The first kappa shape index (κ1) is 18.0. The molecule has 3 rings (SSSR count). The van der Waals surface area contributed by atoms with Crippen LogP contribution in [0.25, 0.3) is 5.82 Å². The summed E-state index contributed by atoms with van der Waals surface area (Å²) in [4.78, 5) is 10.8. The molecule has 7 nitrogen and oxygen atoms in total. The highest BCUT2D eigenvalue weighted by Gasteiger charge is 2.10. The third-order valence-corrected chi connectivity index (χ3v) is 4.25. The van der Waals surface area contributed by atoms with Crippen LogP contribution in [0.15, 0.2) is 54.0 Å². The van der Waals surface area contributed by atoms with E-state index in [0.29, 0.717) is 13.1 Å². The van der Waals surface area contributed by atoms with E-state index in [0.717, 1.165) is 28.1 Å². The standard InChI is InChI=1S/C18H22ClN7/c1-20-18(25(3)13-16-10-15(19)12-24(16)2)22-11-14-5-7-21-17(9-14)26-8-4-6-23-26/h4-10,12H,11,13H2,1-3H3,(H,20,22). The van der Waals surface area contributed by atoms with Gasteiger partial charge in [-0.2, -0.15) is 5.10 Å². The van der Waals surface area contributed by atoms with Gasteiger partial charge in [-0.15, -0.1) is 0 Å². The number of aromatic nitrogens is 4. The number of halogens is 1. The number of rotatable bonds is 5. The molecule has 3 aromatic heterocycles. The van der Waals surface area contributed by atoms with Crippen molar-refractivity contribution >= 4 is 17.6 Å². The number of hydrogen-bond acceptors (Lipinski definition) is 3. The maximum absolute atomic E-state index is 6.06. The molecule has 0 aliphatic carbocycles. The van der Waals surface area contributed by atoms with Gasteiger partial charge in [0.05, 0.1) is 11.6 Å². The summed E-state index contributed by atoms with van der Waals surface area (Å²) in [6, 6.07) is 7.82. The lowest BCUT2D eigenvalue weighted by molar-refractivity contribution is 0.461. The van der Waals surface area contributed by atoms with Crippen LogP contribution in [-0.2, 0) is 20.1 Å². The largest absolute Gasteiger partial charge is 0.352 e. The second-order valence-electron chi connectivity index (χ2n) is 5.99. The molecule has 0 aliphatic rings. The Balaban J connectivity index is 1.64. The zero-order valence-corrected chi connectivity index (χ0v) is 15.9. The van der Waals surface area contributed by atoms with Crippen molar-refractivity contribution in [2.45, 2.75) is 13.1 Å². The summed E-state index contributed by atoms with van der Waals surface area (Å²) in [6.45, 7) is 1.35. The van der Waals surface area contributed by atoms with Crippen molar-refractivity contribution in [1.29, 1.82) is 0 Å². The Hall–Kier alpha value is -2.80. The normalized spacial score (nSPS) is 11.6. The van der Waals surface area contributed by atoms with Crippen LogP contribution in [0.5, 0.6) is 0 Å². The molecule has 0 saturated carbocycles. The zero-order valence-electron chi connectivity index (χ0n) is 15.1. The van der Waals surface area contributed by atoms with Gasteiger partial charge >= 0.3 is 0 Å². The maximum atomic E-state index is 6.06. The van der Waals surface area contributed by atoms with Crippen LogP contribution in [0.2, 0.25) is 5.02 Å².